The van der Waals surface area contributed by atoms with Gasteiger partial charge >= 0.3 is 0 Å². The molecule has 2 rings (SSSR count). The quantitative estimate of drug-likeness (QED) is 0.751. The van der Waals surface area contributed by atoms with Gasteiger partial charge in [0.15, 0.2) is 0 Å². The highest BCUT2D eigenvalue weighted by Crippen LogP contribution is 2.32. The third-order valence-corrected chi connectivity index (χ3v) is 6.22. The molecule has 1 fully saturated rings. The van der Waals surface area contributed by atoms with E-state index in [0.29, 0.717) is 5.02 Å². The van der Waals surface area contributed by atoms with E-state index in [1.54, 1.807) is 13.0 Å². The molecule has 0 heterocycles. The summed E-state index contributed by atoms with van der Waals surface area (Å²) >= 11 is 12.2. The Morgan fingerprint density at radius 3 is 2.36 bits per heavy atom. The Morgan fingerprint density at radius 2 is 1.80 bits per heavy atom. The number of hydrogen-bond acceptors (Lipinski definition) is 3. The van der Waals surface area contributed by atoms with Crippen LogP contribution in [0.2, 0.25) is 10.0 Å². The van der Waals surface area contributed by atoms with Crippen molar-refractivity contribution in [2.75, 3.05) is 10.6 Å². The molecule has 1 amide bonds. The van der Waals surface area contributed by atoms with E-state index in [1.165, 1.54) is 25.0 Å². The molecule has 1 aliphatic carbocycles. The highest BCUT2D eigenvalue weighted by Gasteiger charge is 2.31. The van der Waals surface area contributed by atoms with Gasteiger partial charge in [0.05, 0.1) is 17.0 Å². The van der Waals surface area contributed by atoms with Crippen LogP contribution in [0.4, 0.5) is 5.69 Å². The molecule has 0 unspecified atom stereocenters. The second-order valence-electron chi connectivity index (χ2n) is 6.53. The third-order valence-electron chi connectivity index (χ3n) is 4.44. The lowest BCUT2D eigenvalue weighted by Gasteiger charge is -2.30. The fourth-order valence-corrected chi connectivity index (χ4v) is 4.78. The first kappa shape index (κ1) is 20.3. The van der Waals surface area contributed by atoms with E-state index in [4.69, 9.17) is 23.2 Å². The van der Waals surface area contributed by atoms with Gasteiger partial charge in [0.1, 0.15) is 6.04 Å². The molecule has 0 aliphatic heterocycles. The molecule has 1 saturated carbocycles. The molecule has 0 saturated heterocycles. The minimum absolute atomic E-state index is 0.0914. The minimum atomic E-state index is -3.72. The maximum atomic E-state index is 12.7. The van der Waals surface area contributed by atoms with Crippen LogP contribution in [-0.4, -0.2) is 32.7 Å². The van der Waals surface area contributed by atoms with E-state index in [-0.39, 0.29) is 22.7 Å². The van der Waals surface area contributed by atoms with Crippen molar-refractivity contribution in [2.45, 2.75) is 57.5 Å². The van der Waals surface area contributed by atoms with Crippen LogP contribution in [-0.2, 0) is 14.8 Å². The van der Waals surface area contributed by atoms with Gasteiger partial charge in [0, 0.05) is 11.1 Å². The zero-order valence-corrected chi connectivity index (χ0v) is 16.8. The summed E-state index contributed by atoms with van der Waals surface area (Å²) < 4.78 is 25.7. The molecular weight excluding hydrogens is 383 g/mol. The Kier molecular flexibility index (Phi) is 7.00. The van der Waals surface area contributed by atoms with Crippen LogP contribution in [0.15, 0.2) is 18.2 Å². The molecule has 5 nitrogen and oxygen atoms in total. The number of sulfonamides is 1. The summed E-state index contributed by atoms with van der Waals surface area (Å²) in [5.74, 6) is -0.326. The van der Waals surface area contributed by atoms with Crippen molar-refractivity contribution in [3.05, 3.63) is 28.2 Å². The van der Waals surface area contributed by atoms with Crippen molar-refractivity contribution in [1.82, 2.24) is 5.32 Å². The zero-order valence-electron chi connectivity index (χ0n) is 14.5. The number of nitrogens with one attached hydrogen (secondary N) is 1. The Morgan fingerprint density at radius 1 is 1.20 bits per heavy atom. The lowest BCUT2D eigenvalue weighted by molar-refractivity contribution is -0.122. The predicted octanol–water partition coefficient (Wildman–Crippen LogP) is 3.99. The van der Waals surface area contributed by atoms with Crippen molar-refractivity contribution in [3.63, 3.8) is 0 Å². The molecule has 0 spiro atoms. The van der Waals surface area contributed by atoms with Gasteiger partial charge in [-0.1, -0.05) is 48.9 Å². The zero-order chi connectivity index (χ0) is 18.6. The Hall–Kier alpha value is -0.980. The average Bonchev–Trinajstić information content (AvgIpc) is 2.78. The van der Waals surface area contributed by atoms with Crippen LogP contribution in [0.1, 0.15) is 45.4 Å². The van der Waals surface area contributed by atoms with E-state index in [0.717, 1.165) is 36.2 Å². The van der Waals surface area contributed by atoms with Crippen LogP contribution in [0.3, 0.4) is 0 Å². The number of carbonyl (C=O) groups is 1. The van der Waals surface area contributed by atoms with Gasteiger partial charge in [-0.25, -0.2) is 8.42 Å². The summed E-state index contributed by atoms with van der Waals surface area (Å²) in [4.78, 5) is 12.7. The number of amides is 1. The Labute approximate surface area is 159 Å². The average molecular weight is 407 g/mol. The smallest absolute Gasteiger partial charge is 0.243 e. The fourth-order valence-electron chi connectivity index (χ4n) is 3.18. The van der Waals surface area contributed by atoms with E-state index in [2.05, 4.69) is 5.32 Å². The normalized spacial score (nSPS) is 17.6. The van der Waals surface area contributed by atoms with Crippen LogP contribution >= 0.6 is 23.2 Å². The van der Waals surface area contributed by atoms with Crippen molar-refractivity contribution in [2.24, 2.45) is 0 Å². The molecule has 1 aromatic carbocycles. The van der Waals surface area contributed by atoms with Crippen molar-refractivity contribution in [1.29, 1.82) is 0 Å². The molecular formula is C17H24Cl2N2O3S. The molecule has 0 aromatic heterocycles. The molecule has 25 heavy (non-hydrogen) atoms. The largest absolute Gasteiger partial charge is 0.352 e. The number of nitrogens with zero attached hydrogens (tertiary/aromatic N) is 1. The van der Waals surface area contributed by atoms with Gasteiger partial charge in [-0.2, -0.15) is 0 Å². The number of anilines is 1. The summed E-state index contributed by atoms with van der Waals surface area (Å²) in [6.07, 6.45) is 7.42. The first-order valence-corrected chi connectivity index (χ1v) is 11.1. The van der Waals surface area contributed by atoms with Crippen molar-refractivity contribution < 1.29 is 13.2 Å². The Bertz CT molecular complexity index is 717. The van der Waals surface area contributed by atoms with Gasteiger partial charge in [0.2, 0.25) is 15.9 Å². The predicted molar refractivity (Wildman–Crippen MR) is 103 cm³/mol. The third kappa shape index (κ3) is 5.50. The van der Waals surface area contributed by atoms with Gasteiger partial charge in [-0.05, 0) is 38.0 Å². The Balaban J connectivity index is 2.25. The molecule has 0 bridgehead atoms. The van der Waals surface area contributed by atoms with Gasteiger partial charge < -0.3 is 5.32 Å². The van der Waals surface area contributed by atoms with Crippen LogP contribution < -0.4 is 9.62 Å². The topological polar surface area (TPSA) is 66.5 Å². The summed E-state index contributed by atoms with van der Waals surface area (Å²) in [7, 11) is -3.72. The lowest BCUT2D eigenvalue weighted by Crippen LogP contribution is -2.50. The summed E-state index contributed by atoms with van der Waals surface area (Å²) in [5.41, 5.74) is 0.209. The molecule has 1 atom stereocenters. The molecule has 0 radical (unpaired) electrons. The molecule has 1 N–H and O–H groups in total. The maximum Gasteiger partial charge on any atom is 0.243 e. The first-order valence-electron chi connectivity index (χ1n) is 8.45. The van der Waals surface area contributed by atoms with Gasteiger partial charge in [-0.3, -0.25) is 9.10 Å². The number of carbonyl (C=O) groups excluding carboxylic acids is 1. The maximum absolute atomic E-state index is 12.7. The summed E-state index contributed by atoms with van der Waals surface area (Å²) in [6.45, 7) is 1.56. The summed E-state index contributed by atoms with van der Waals surface area (Å²) in [5, 5.41) is 3.57. The number of halogens is 2. The standard InChI is InChI=1S/C17H24Cl2N2O3S/c1-12(17(22)20-14-7-5-3-4-6-8-14)21(25(2,23)24)16-11-13(18)9-10-15(16)19/h9-12,14H,3-8H2,1-2H3,(H,20,22)/t12-/m0/s1. The first-order chi connectivity index (χ1) is 11.7. The SMILES string of the molecule is C[C@@H](C(=O)NC1CCCCCC1)N(c1cc(Cl)ccc1Cl)S(C)(=O)=O. The van der Waals surface area contributed by atoms with E-state index >= 15 is 0 Å². The monoisotopic (exact) mass is 406 g/mol. The van der Waals surface area contributed by atoms with Crippen molar-refractivity contribution in [3.8, 4) is 0 Å². The molecule has 1 aliphatic rings. The molecule has 8 heteroatoms. The van der Waals surface area contributed by atoms with E-state index in [1.807, 2.05) is 0 Å². The number of hydrogen-bond donors (Lipinski definition) is 1. The highest BCUT2D eigenvalue weighted by molar-refractivity contribution is 7.92. The van der Waals surface area contributed by atoms with E-state index in [9.17, 15) is 13.2 Å². The summed E-state index contributed by atoms with van der Waals surface area (Å²) in [6, 6.07) is 3.72. The number of rotatable bonds is 5. The second kappa shape index (κ2) is 8.60. The van der Waals surface area contributed by atoms with Crippen LogP contribution in [0, 0.1) is 0 Å². The van der Waals surface area contributed by atoms with Gasteiger partial charge in [-0.15, -0.1) is 0 Å². The molecule has 140 valence electrons. The van der Waals surface area contributed by atoms with Gasteiger partial charge in [0.25, 0.3) is 0 Å². The highest BCUT2D eigenvalue weighted by atomic mass is 35.5. The van der Waals surface area contributed by atoms with Crippen molar-refractivity contribution >= 4 is 44.8 Å². The van der Waals surface area contributed by atoms with Crippen LogP contribution in [0.25, 0.3) is 0 Å². The van der Waals surface area contributed by atoms with Crippen LogP contribution in [0.5, 0.6) is 0 Å². The minimum Gasteiger partial charge on any atom is -0.352 e. The van der Waals surface area contributed by atoms with E-state index < -0.39 is 16.1 Å². The fraction of sp³-hybridized carbons (Fsp3) is 0.588. The molecule has 1 aromatic rings. The lowest BCUT2D eigenvalue weighted by atomic mass is 10.1. The number of benzene rings is 1. The second-order valence-corrected chi connectivity index (χ2v) is 9.23.